The lowest BCUT2D eigenvalue weighted by Crippen LogP contribution is -2.39. The number of aryl methyl sites for hydroxylation is 1. The molecule has 1 aliphatic heterocycles. The fraction of sp³-hybridized carbons (Fsp3) is 0.625. The van der Waals surface area contributed by atoms with Crippen LogP contribution in [0.25, 0.3) is 0 Å². The third-order valence-corrected chi connectivity index (χ3v) is 10.1. The van der Waals surface area contributed by atoms with Gasteiger partial charge >= 0.3 is 0 Å². The first kappa shape index (κ1) is 32.7. The Morgan fingerprint density at radius 1 is 1.26 bits per heavy atom. The van der Waals surface area contributed by atoms with Crippen LogP contribution in [-0.4, -0.2) is 83.1 Å². The maximum atomic E-state index is 11.7. The molecule has 0 aromatic carbocycles. The maximum absolute atomic E-state index is 11.7. The first-order chi connectivity index (χ1) is 20.5. The highest BCUT2D eigenvalue weighted by Gasteiger charge is 2.33. The first-order valence-electron chi connectivity index (χ1n) is 15.3. The average molecular weight is 610 g/mol. The number of anilines is 1. The summed E-state index contributed by atoms with van der Waals surface area (Å²) in [4.78, 5) is 14.8. The average Bonchev–Trinajstić information content (AvgIpc) is 3.54. The Morgan fingerprint density at radius 2 is 1.98 bits per heavy atom. The molecule has 0 unspecified atom stereocenters. The molecule has 3 heterocycles. The van der Waals surface area contributed by atoms with Gasteiger partial charge in [-0.15, -0.1) is 11.3 Å². The number of fused-ring (bicyclic) bond motifs is 1. The molecule has 0 bridgehead atoms. The van der Waals surface area contributed by atoms with Gasteiger partial charge in [-0.3, -0.25) is 5.41 Å². The van der Waals surface area contributed by atoms with Gasteiger partial charge in [0.25, 0.3) is 0 Å². The van der Waals surface area contributed by atoms with Gasteiger partial charge in [-0.2, -0.15) is 15.2 Å². The Bertz CT molecular complexity index is 1380. The first-order valence-corrected chi connectivity index (χ1v) is 16.1. The second-order valence-electron chi connectivity index (χ2n) is 12.5. The highest BCUT2D eigenvalue weighted by molar-refractivity contribution is 7.16. The van der Waals surface area contributed by atoms with E-state index in [2.05, 4.69) is 46.7 Å². The second kappa shape index (κ2) is 14.1. The molecule has 43 heavy (non-hydrogen) atoms. The number of nitrogens with zero attached hydrogens (tertiary/aromatic N) is 5. The highest BCUT2D eigenvalue weighted by atomic mass is 32.1. The summed E-state index contributed by atoms with van der Waals surface area (Å²) in [5.41, 5.74) is 7.88. The van der Waals surface area contributed by atoms with Crippen molar-refractivity contribution in [2.45, 2.75) is 89.6 Å². The molecular weight excluding hydrogens is 562 g/mol. The van der Waals surface area contributed by atoms with Crippen LogP contribution in [-0.2, 0) is 6.42 Å². The molecule has 0 spiro atoms. The van der Waals surface area contributed by atoms with Crippen LogP contribution in [0.2, 0.25) is 0 Å². The number of allylic oxidation sites excluding steroid dienone is 2. The van der Waals surface area contributed by atoms with Crippen molar-refractivity contribution in [1.82, 2.24) is 19.8 Å². The number of nitriles is 1. The van der Waals surface area contributed by atoms with Gasteiger partial charge in [0.2, 0.25) is 11.8 Å². The number of thiophene rings is 1. The van der Waals surface area contributed by atoms with Gasteiger partial charge in [0.15, 0.2) is 5.82 Å². The molecule has 1 saturated heterocycles. The van der Waals surface area contributed by atoms with Crippen LogP contribution in [0.1, 0.15) is 93.5 Å². The number of hydrogen-bond acceptors (Lipinski definition) is 11. The van der Waals surface area contributed by atoms with Gasteiger partial charge in [0, 0.05) is 27.9 Å². The number of hydrogen-bond donors (Lipinski definition) is 3. The number of nitrogen functional groups attached to an aromatic ring is 1. The molecule has 1 aliphatic carbocycles. The molecule has 11 heteroatoms. The molecule has 0 radical (unpaired) electrons. The molecule has 4 N–H and O–H groups in total. The Morgan fingerprint density at radius 3 is 2.60 bits per heavy atom. The van der Waals surface area contributed by atoms with Gasteiger partial charge in [-0.05, 0) is 92.0 Å². The van der Waals surface area contributed by atoms with E-state index in [9.17, 15) is 15.8 Å². The van der Waals surface area contributed by atoms with Crippen LogP contribution in [0.4, 0.5) is 5.00 Å². The zero-order chi connectivity index (χ0) is 31.3. The van der Waals surface area contributed by atoms with Crippen LogP contribution in [0, 0.1) is 16.7 Å². The van der Waals surface area contributed by atoms with Crippen molar-refractivity contribution in [2.24, 2.45) is 0 Å². The number of nitrogens with two attached hydrogens (primary N) is 1. The minimum atomic E-state index is -0.393. The summed E-state index contributed by atoms with van der Waals surface area (Å²) in [6.45, 7) is 8.28. The van der Waals surface area contributed by atoms with Crippen molar-refractivity contribution in [3.05, 3.63) is 39.2 Å². The van der Waals surface area contributed by atoms with E-state index in [1.54, 1.807) is 6.07 Å². The molecular formula is C32H47N7O3S. The minimum Gasteiger partial charge on any atom is -0.511 e. The van der Waals surface area contributed by atoms with E-state index in [0.717, 1.165) is 49.1 Å². The van der Waals surface area contributed by atoms with E-state index >= 15 is 0 Å². The van der Waals surface area contributed by atoms with E-state index in [4.69, 9.17) is 15.2 Å². The van der Waals surface area contributed by atoms with Gasteiger partial charge in [0.05, 0.1) is 18.2 Å². The third-order valence-electron chi connectivity index (χ3n) is 9.02. The summed E-state index contributed by atoms with van der Waals surface area (Å²) in [5, 5.41) is 31.3. The molecule has 10 nitrogen and oxygen atoms in total. The highest BCUT2D eigenvalue weighted by Crippen LogP contribution is 2.45. The minimum absolute atomic E-state index is 0.0371. The van der Waals surface area contributed by atoms with Crippen LogP contribution in [0.15, 0.2) is 17.4 Å². The van der Waals surface area contributed by atoms with E-state index < -0.39 is 5.92 Å². The van der Waals surface area contributed by atoms with Gasteiger partial charge < -0.3 is 30.1 Å². The summed E-state index contributed by atoms with van der Waals surface area (Å²) >= 11 is 1.43. The molecule has 234 valence electrons. The zero-order valence-electron chi connectivity index (χ0n) is 26.5. The quantitative estimate of drug-likeness (QED) is 0.193. The van der Waals surface area contributed by atoms with Crippen molar-refractivity contribution < 1.29 is 14.6 Å². The number of nitrogens with one attached hydrogen (secondary N) is 1. The molecule has 2 aliphatic rings. The van der Waals surface area contributed by atoms with E-state index in [0.29, 0.717) is 66.4 Å². The number of rotatable bonds is 13. The van der Waals surface area contributed by atoms with Gasteiger partial charge in [-0.1, -0.05) is 13.3 Å². The normalized spacial score (nSPS) is 19.6. The van der Waals surface area contributed by atoms with E-state index in [1.807, 2.05) is 21.0 Å². The zero-order valence-corrected chi connectivity index (χ0v) is 27.3. The number of aliphatic hydroxyl groups is 1. The summed E-state index contributed by atoms with van der Waals surface area (Å²) in [6, 6.07) is 4.24. The SMILES string of the molecule is CCC/C(C(=N)c1nc(OCCC(C)(C)N(C)C)cc(OC[C@@H]2CCCN2C)n1)=C(/O)[C@H]1CCCc2sc(N)c(C#N)c21. The van der Waals surface area contributed by atoms with Crippen molar-refractivity contribution in [2.75, 3.05) is 46.6 Å². The molecule has 0 saturated carbocycles. The number of likely N-dealkylation sites (tertiary alicyclic amines) is 1. The van der Waals surface area contributed by atoms with Crippen LogP contribution >= 0.6 is 11.3 Å². The van der Waals surface area contributed by atoms with Crippen molar-refractivity contribution in [1.29, 1.82) is 10.7 Å². The largest absolute Gasteiger partial charge is 0.511 e. The fourth-order valence-electron chi connectivity index (χ4n) is 5.71. The molecule has 2 atom stereocenters. The lowest BCUT2D eigenvalue weighted by molar-refractivity contribution is 0.147. The molecule has 2 aromatic heterocycles. The number of ether oxygens (including phenoxy) is 2. The molecule has 2 aromatic rings. The van der Waals surface area contributed by atoms with Crippen LogP contribution in [0.5, 0.6) is 11.8 Å². The van der Waals surface area contributed by atoms with Crippen LogP contribution < -0.4 is 15.2 Å². The summed E-state index contributed by atoms with van der Waals surface area (Å²) < 4.78 is 12.3. The predicted molar refractivity (Wildman–Crippen MR) is 172 cm³/mol. The Hall–Kier alpha value is -3.20. The predicted octanol–water partition coefficient (Wildman–Crippen LogP) is 5.67. The topological polar surface area (TPSA) is 145 Å². The van der Waals surface area contributed by atoms with E-state index in [1.165, 1.54) is 11.3 Å². The Labute approximate surface area is 260 Å². The number of aliphatic hydroxyl groups excluding tert-OH is 1. The van der Waals surface area contributed by atoms with Crippen LogP contribution in [0.3, 0.4) is 0 Å². The fourth-order valence-corrected chi connectivity index (χ4v) is 6.83. The monoisotopic (exact) mass is 609 g/mol. The molecule has 4 rings (SSSR count). The third kappa shape index (κ3) is 7.48. The second-order valence-corrected chi connectivity index (χ2v) is 13.6. The molecule has 1 fully saturated rings. The van der Waals surface area contributed by atoms with Gasteiger partial charge in [-0.25, -0.2) is 0 Å². The van der Waals surface area contributed by atoms with E-state index in [-0.39, 0.29) is 22.8 Å². The maximum Gasteiger partial charge on any atom is 0.220 e. The standard InChI is InChI=1S/C32H47N7O3S/c1-7-10-22(29(40)21-12-8-13-24-27(21)23(18-33)30(35)43-24)28(34)31-36-25(41-16-14-32(2,3)38(4)5)17-26(37-31)42-19-20-11-9-15-39(20)6/h17,20-21,34,40H,7-16,19,35H2,1-6H3/b29-22-,34-28?/t20-,21-/m0/s1. The smallest absolute Gasteiger partial charge is 0.220 e. The Kier molecular flexibility index (Phi) is 10.7. The number of likely N-dealkylation sites (N-methyl/N-ethyl adjacent to an activating group) is 1. The summed E-state index contributed by atoms with van der Waals surface area (Å²) in [6.07, 6.45) is 6.53. The lowest BCUT2D eigenvalue weighted by Gasteiger charge is -2.32. The number of aromatic nitrogens is 2. The lowest BCUT2D eigenvalue weighted by atomic mass is 9.81. The summed E-state index contributed by atoms with van der Waals surface area (Å²) in [7, 11) is 6.19. The Balaban J connectivity index is 1.68. The molecule has 0 amide bonds. The van der Waals surface area contributed by atoms with Crippen molar-refractivity contribution in [3.63, 3.8) is 0 Å². The van der Waals surface area contributed by atoms with Crippen molar-refractivity contribution >= 4 is 22.0 Å². The summed E-state index contributed by atoms with van der Waals surface area (Å²) in [5.74, 6) is 0.543. The van der Waals surface area contributed by atoms with Gasteiger partial charge in [0.1, 0.15) is 29.1 Å². The van der Waals surface area contributed by atoms with Crippen molar-refractivity contribution in [3.8, 4) is 17.8 Å².